The molecule has 2 N–H and O–H groups in total. The number of benzene rings is 3. The molecule has 0 spiro atoms. The van der Waals surface area contributed by atoms with E-state index in [1.165, 1.54) is 23.2 Å². The monoisotopic (exact) mass is 452 g/mol. The molecular formula is C25H20N6O3. The average molecular weight is 452 g/mol. The average Bonchev–Trinajstić information content (AvgIpc) is 3.54. The summed E-state index contributed by atoms with van der Waals surface area (Å²) < 4.78 is 1.53. The number of aromatic nitrogens is 4. The van der Waals surface area contributed by atoms with Gasteiger partial charge in [0.15, 0.2) is 0 Å². The first-order chi connectivity index (χ1) is 16.6. The van der Waals surface area contributed by atoms with Crippen LogP contribution in [0.2, 0.25) is 0 Å². The molecule has 0 aliphatic carbocycles. The Labute approximate surface area is 194 Å². The Morgan fingerprint density at radius 2 is 1.88 bits per heavy atom. The molecule has 2 heterocycles. The van der Waals surface area contributed by atoms with Crippen molar-refractivity contribution in [1.29, 1.82) is 0 Å². The van der Waals surface area contributed by atoms with E-state index in [9.17, 15) is 14.9 Å². The van der Waals surface area contributed by atoms with Crippen LogP contribution in [-0.4, -0.2) is 30.3 Å². The van der Waals surface area contributed by atoms with E-state index in [1.807, 2.05) is 54.6 Å². The van der Waals surface area contributed by atoms with Gasteiger partial charge in [0.25, 0.3) is 11.6 Å². The number of carbonyl (C=O) groups is 1. The van der Waals surface area contributed by atoms with E-state index in [2.05, 4.69) is 20.3 Å². The molecule has 168 valence electrons. The highest BCUT2D eigenvalue weighted by Gasteiger charge is 2.23. The lowest BCUT2D eigenvalue weighted by Crippen LogP contribution is -2.30. The van der Waals surface area contributed by atoms with Crippen LogP contribution in [0.3, 0.4) is 0 Å². The molecule has 0 bridgehead atoms. The molecule has 0 aliphatic rings. The zero-order chi connectivity index (χ0) is 23.5. The zero-order valence-electron chi connectivity index (χ0n) is 18.0. The molecule has 5 aromatic rings. The lowest BCUT2D eigenvalue weighted by atomic mass is 10.0. The summed E-state index contributed by atoms with van der Waals surface area (Å²) in [5.41, 5.74) is 3.01. The lowest BCUT2D eigenvalue weighted by molar-refractivity contribution is -0.384. The first-order valence-corrected chi connectivity index (χ1v) is 10.6. The minimum absolute atomic E-state index is 0.185. The normalized spacial score (nSPS) is 11.9. The van der Waals surface area contributed by atoms with Gasteiger partial charge in [-0.15, -0.1) is 0 Å². The number of hydrogen-bond acceptors (Lipinski definition) is 5. The molecule has 1 amide bonds. The fraction of sp³-hybridized carbons (Fsp3) is 0.0800. The second-order valence-electron chi connectivity index (χ2n) is 7.79. The fourth-order valence-electron chi connectivity index (χ4n) is 3.88. The van der Waals surface area contributed by atoms with Gasteiger partial charge < -0.3 is 14.9 Å². The van der Waals surface area contributed by atoms with Gasteiger partial charge in [0.2, 0.25) is 0 Å². The van der Waals surface area contributed by atoms with Gasteiger partial charge in [-0.3, -0.25) is 14.9 Å². The largest absolute Gasteiger partial charge is 0.342 e. The zero-order valence-corrected chi connectivity index (χ0v) is 18.0. The topological polar surface area (TPSA) is 119 Å². The van der Waals surface area contributed by atoms with Gasteiger partial charge in [0.05, 0.1) is 28.3 Å². The van der Waals surface area contributed by atoms with Crippen molar-refractivity contribution in [2.24, 2.45) is 0 Å². The summed E-state index contributed by atoms with van der Waals surface area (Å²) in [4.78, 5) is 36.3. The number of imidazole rings is 2. The van der Waals surface area contributed by atoms with E-state index < -0.39 is 16.9 Å². The van der Waals surface area contributed by atoms with E-state index in [0.29, 0.717) is 17.9 Å². The van der Waals surface area contributed by atoms with Crippen molar-refractivity contribution in [3.8, 4) is 5.69 Å². The fourth-order valence-corrected chi connectivity index (χ4v) is 3.88. The Bertz CT molecular complexity index is 1430. The molecule has 2 aromatic heterocycles. The van der Waals surface area contributed by atoms with Crippen molar-refractivity contribution in [1.82, 2.24) is 24.8 Å². The third-order valence-corrected chi connectivity index (χ3v) is 5.54. The summed E-state index contributed by atoms with van der Waals surface area (Å²) in [5.74, 6) is 0.185. The lowest BCUT2D eigenvalue weighted by Gasteiger charge is -2.17. The minimum atomic E-state index is -0.507. The van der Waals surface area contributed by atoms with Crippen molar-refractivity contribution >= 4 is 22.6 Å². The van der Waals surface area contributed by atoms with Gasteiger partial charge in [-0.25, -0.2) is 9.97 Å². The minimum Gasteiger partial charge on any atom is -0.342 e. The smallest absolute Gasteiger partial charge is 0.294 e. The second-order valence-corrected chi connectivity index (χ2v) is 7.79. The van der Waals surface area contributed by atoms with E-state index in [-0.39, 0.29) is 11.3 Å². The Morgan fingerprint density at radius 3 is 2.62 bits per heavy atom. The number of nitro groups is 1. The highest BCUT2D eigenvalue weighted by atomic mass is 16.6. The first-order valence-electron chi connectivity index (χ1n) is 10.6. The molecule has 0 aliphatic heterocycles. The van der Waals surface area contributed by atoms with Crippen LogP contribution in [0.5, 0.6) is 0 Å². The Morgan fingerprint density at radius 1 is 1.09 bits per heavy atom. The van der Waals surface area contributed by atoms with Gasteiger partial charge in [-0.1, -0.05) is 42.5 Å². The van der Waals surface area contributed by atoms with E-state index in [4.69, 9.17) is 0 Å². The van der Waals surface area contributed by atoms with Crippen LogP contribution in [-0.2, 0) is 6.42 Å². The predicted molar refractivity (Wildman–Crippen MR) is 127 cm³/mol. The van der Waals surface area contributed by atoms with Crippen molar-refractivity contribution in [3.63, 3.8) is 0 Å². The van der Waals surface area contributed by atoms with Crippen LogP contribution < -0.4 is 5.32 Å². The van der Waals surface area contributed by atoms with E-state index in [0.717, 1.165) is 16.6 Å². The third-order valence-electron chi connectivity index (χ3n) is 5.54. The van der Waals surface area contributed by atoms with E-state index >= 15 is 0 Å². The number of aromatic amines is 1. The molecule has 9 heteroatoms. The molecule has 34 heavy (non-hydrogen) atoms. The molecule has 0 saturated heterocycles. The van der Waals surface area contributed by atoms with E-state index in [1.54, 1.807) is 18.3 Å². The Kier molecular flexibility index (Phi) is 5.57. The summed E-state index contributed by atoms with van der Waals surface area (Å²) in [6.07, 6.45) is 5.12. The summed E-state index contributed by atoms with van der Waals surface area (Å²) in [6.45, 7) is 0. The van der Waals surface area contributed by atoms with Crippen molar-refractivity contribution in [2.45, 2.75) is 12.5 Å². The predicted octanol–water partition coefficient (Wildman–Crippen LogP) is 4.37. The molecule has 1 unspecified atom stereocenters. The number of nitrogens with one attached hydrogen (secondary N) is 2. The summed E-state index contributed by atoms with van der Waals surface area (Å²) in [6, 6.07) is 21.3. The number of nitrogens with zero attached hydrogens (tertiary/aromatic N) is 4. The number of para-hydroxylation sites is 2. The van der Waals surface area contributed by atoms with Crippen LogP contribution in [0.15, 0.2) is 91.5 Å². The van der Waals surface area contributed by atoms with Crippen molar-refractivity contribution in [2.75, 3.05) is 0 Å². The quantitative estimate of drug-likeness (QED) is 0.281. The standard InChI is InChI=1S/C25H20N6O3/c32-25(18-10-11-22(23(15-18)31(33)34)30-13-12-26-16-30)29-21(14-17-6-2-1-3-7-17)24-27-19-8-4-5-9-20(19)28-24/h1-13,15-16,21H,14H2,(H,27,28)(H,29,32). The molecule has 5 rings (SSSR count). The maximum atomic E-state index is 13.2. The molecule has 0 saturated carbocycles. The van der Waals surface area contributed by atoms with Gasteiger partial charge >= 0.3 is 0 Å². The number of fused-ring (bicyclic) bond motifs is 1. The van der Waals surface area contributed by atoms with Gasteiger partial charge in [-0.2, -0.15) is 0 Å². The maximum Gasteiger partial charge on any atom is 0.294 e. The van der Waals surface area contributed by atoms with Crippen molar-refractivity contribution < 1.29 is 9.72 Å². The first kappa shape index (κ1) is 21.1. The molecule has 1 atom stereocenters. The third kappa shape index (κ3) is 4.26. The molecule has 9 nitrogen and oxygen atoms in total. The SMILES string of the molecule is O=C(NC(Cc1ccccc1)c1nc2ccccc2[nH]1)c1ccc(-n2ccnc2)c([N+](=O)[O-])c1. The van der Waals surface area contributed by atoms with Gasteiger partial charge in [0.1, 0.15) is 11.5 Å². The molecular weight excluding hydrogens is 432 g/mol. The van der Waals surface area contributed by atoms with Gasteiger partial charge in [0, 0.05) is 24.0 Å². The molecule has 0 radical (unpaired) electrons. The van der Waals surface area contributed by atoms with Gasteiger partial charge in [-0.05, 0) is 36.2 Å². The molecule has 0 fully saturated rings. The Hall–Kier alpha value is -4.79. The number of amides is 1. The number of rotatable bonds is 7. The van der Waals surface area contributed by atoms with Crippen LogP contribution in [0.4, 0.5) is 5.69 Å². The summed E-state index contributed by atoms with van der Waals surface area (Å²) >= 11 is 0. The second kappa shape index (κ2) is 8.99. The number of hydrogen-bond donors (Lipinski definition) is 2. The number of H-pyrrole nitrogens is 1. The molecule has 3 aromatic carbocycles. The highest BCUT2D eigenvalue weighted by molar-refractivity contribution is 5.95. The maximum absolute atomic E-state index is 13.2. The summed E-state index contributed by atoms with van der Waals surface area (Å²) in [5, 5.41) is 14.7. The number of carbonyl (C=O) groups excluding carboxylic acids is 1. The van der Waals surface area contributed by atoms with Crippen molar-refractivity contribution in [3.05, 3.63) is 119 Å². The van der Waals surface area contributed by atoms with Crippen LogP contribution in [0.1, 0.15) is 27.8 Å². The highest BCUT2D eigenvalue weighted by Crippen LogP contribution is 2.25. The summed E-state index contributed by atoms with van der Waals surface area (Å²) in [7, 11) is 0. The van der Waals surface area contributed by atoms with Crippen LogP contribution in [0, 0.1) is 10.1 Å². The van der Waals surface area contributed by atoms with Crippen LogP contribution in [0.25, 0.3) is 16.7 Å². The Balaban J connectivity index is 1.47. The number of nitro benzene ring substituents is 1. The van der Waals surface area contributed by atoms with Crippen LogP contribution >= 0.6 is 0 Å².